The van der Waals surface area contributed by atoms with Crippen LogP contribution >= 0.6 is 0 Å². The highest BCUT2D eigenvalue weighted by Crippen LogP contribution is 2.31. The molecule has 6 nitrogen and oxygen atoms in total. The summed E-state index contributed by atoms with van der Waals surface area (Å²) in [6, 6.07) is 13.3. The molecule has 1 aliphatic rings. The van der Waals surface area contributed by atoms with Crippen molar-refractivity contribution in [1.82, 2.24) is 15.3 Å². The summed E-state index contributed by atoms with van der Waals surface area (Å²) in [5.41, 5.74) is 2.77. The van der Waals surface area contributed by atoms with Gasteiger partial charge in [-0.2, -0.15) is 0 Å². The maximum atomic E-state index is 12.7. The van der Waals surface area contributed by atoms with Crippen molar-refractivity contribution in [1.29, 1.82) is 0 Å². The number of hydrogen-bond acceptors (Lipinski definition) is 4. The second-order valence-electron chi connectivity index (χ2n) is 7.08. The molecule has 1 aromatic heterocycles. The molecule has 3 aromatic rings. The van der Waals surface area contributed by atoms with E-state index in [9.17, 15) is 4.79 Å². The fourth-order valence-electron chi connectivity index (χ4n) is 3.28. The molecule has 2 aromatic carbocycles. The maximum absolute atomic E-state index is 12.7. The largest absolute Gasteiger partial charge is 0.486 e. The number of nitrogens with zero attached hydrogens (tertiary/aromatic N) is 1. The molecule has 140 valence electrons. The van der Waals surface area contributed by atoms with Crippen molar-refractivity contribution in [2.75, 3.05) is 13.2 Å². The lowest BCUT2D eigenvalue weighted by atomic mass is 10.0. The molecule has 0 saturated heterocycles. The van der Waals surface area contributed by atoms with Gasteiger partial charge in [0.25, 0.3) is 0 Å². The van der Waals surface area contributed by atoms with E-state index < -0.39 is 0 Å². The summed E-state index contributed by atoms with van der Waals surface area (Å²) in [4.78, 5) is 20.6. The molecule has 0 aliphatic carbocycles. The van der Waals surface area contributed by atoms with Crippen molar-refractivity contribution < 1.29 is 14.3 Å². The number of hydrogen-bond donors (Lipinski definition) is 2. The lowest BCUT2D eigenvalue weighted by molar-refractivity contribution is -0.121. The van der Waals surface area contributed by atoms with Crippen LogP contribution in [-0.2, 0) is 11.2 Å². The SMILES string of the molecule is CC(C)C(NC(=O)Cc1ccc2c(c1)OCCO2)c1nc2ccccc2[nH]1. The Balaban J connectivity index is 1.49. The molecular weight excluding hydrogens is 342 g/mol. The quantitative estimate of drug-likeness (QED) is 0.727. The highest BCUT2D eigenvalue weighted by Gasteiger charge is 2.22. The predicted molar refractivity (Wildman–Crippen MR) is 103 cm³/mol. The zero-order valence-corrected chi connectivity index (χ0v) is 15.5. The number of fused-ring (bicyclic) bond motifs is 2. The molecule has 4 rings (SSSR count). The van der Waals surface area contributed by atoms with Crippen LogP contribution < -0.4 is 14.8 Å². The summed E-state index contributed by atoms with van der Waals surface area (Å²) in [6.45, 7) is 5.23. The molecule has 1 aliphatic heterocycles. The first kappa shape index (κ1) is 17.4. The second kappa shape index (κ2) is 7.31. The van der Waals surface area contributed by atoms with Gasteiger partial charge in [0.1, 0.15) is 19.0 Å². The first-order valence-electron chi connectivity index (χ1n) is 9.22. The van der Waals surface area contributed by atoms with E-state index in [4.69, 9.17) is 9.47 Å². The average Bonchev–Trinajstić information content (AvgIpc) is 3.09. The number of carbonyl (C=O) groups excluding carboxylic acids is 1. The average molecular weight is 365 g/mol. The van der Waals surface area contributed by atoms with E-state index in [-0.39, 0.29) is 24.3 Å². The van der Waals surface area contributed by atoms with E-state index in [0.29, 0.717) is 19.0 Å². The summed E-state index contributed by atoms with van der Waals surface area (Å²) < 4.78 is 11.1. The van der Waals surface area contributed by atoms with Crippen LogP contribution in [0.1, 0.15) is 31.3 Å². The Morgan fingerprint density at radius 3 is 2.70 bits per heavy atom. The minimum atomic E-state index is -0.179. The van der Waals surface area contributed by atoms with Gasteiger partial charge in [0.05, 0.1) is 23.5 Å². The minimum Gasteiger partial charge on any atom is -0.486 e. The van der Waals surface area contributed by atoms with Crippen LogP contribution in [0.5, 0.6) is 11.5 Å². The van der Waals surface area contributed by atoms with Crippen molar-refractivity contribution >= 4 is 16.9 Å². The maximum Gasteiger partial charge on any atom is 0.225 e. The number of imidazole rings is 1. The van der Waals surface area contributed by atoms with Crippen LogP contribution in [-0.4, -0.2) is 29.1 Å². The minimum absolute atomic E-state index is 0.0502. The molecule has 0 fully saturated rings. The topological polar surface area (TPSA) is 76.2 Å². The normalized spacial score (nSPS) is 14.3. The summed E-state index contributed by atoms with van der Waals surface area (Å²) in [7, 11) is 0. The van der Waals surface area contributed by atoms with Crippen LogP contribution in [0.2, 0.25) is 0 Å². The van der Waals surface area contributed by atoms with E-state index >= 15 is 0 Å². The third kappa shape index (κ3) is 3.74. The number of rotatable bonds is 5. The Morgan fingerprint density at radius 2 is 1.93 bits per heavy atom. The molecule has 1 unspecified atom stereocenters. The van der Waals surface area contributed by atoms with Gasteiger partial charge in [0.2, 0.25) is 5.91 Å². The molecule has 0 bridgehead atoms. The standard InChI is InChI=1S/C21H23N3O3/c1-13(2)20(21-22-15-5-3-4-6-16(15)23-21)24-19(25)12-14-7-8-17-18(11-14)27-10-9-26-17/h3-8,11,13,20H,9-10,12H2,1-2H3,(H,22,23)(H,24,25). The number of H-pyrrole nitrogens is 1. The van der Waals surface area contributed by atoms with Gasteiger partial charge in [0.15, 0.2) is 11.5 Å². The second-order valence-corrected chi connectivity index (χ2v) is 7.08. The Hall–Kier alpha value is -3.02. The summed E-state index contributed by atoms with van der Waals surface area (Å²) >= 11 is 0. The Morgan fingerprint density at radius 1 is 1.15 bits per heavy atom. The summed E-state index contributed by atoms with van der Waals surface area (Å²) in [5, 5.41) is 3.12. The van der Waals surface area contributed by atoms with Gasteiger partial charge in [0, 0.05) is 0 Å². The Labute approximate surface area is 157 Å². The van der Waals surface area contributed by atoms with E-state index in [0.717, 1.165) is 28.2 Å². The van der Waals surface area contributed by atoms with E-state index in [1.54, 1.807) is 0 Å². The summed E-state index contributed by atoms with van der Waals surface area (Å²) in [6.07, 6.45) is 0.278. The van der Waals surface area contributed by atoms with Crippen molar-refractivity contribution in [3.8, 4) is 11.5 Å². The first-order valence-corrected chi connectivity index (χ1v) is 9.22. The number of para-hydroxylation sites is 2. The van der Waals surface area contributed by atoms with Crippen LogP contribution in [0, 0.1) is 5.92 Å². The molecule has 6 heteroatoms. The van der Waals surface area contributed by atoms with E-state index in [2.05, 4.69) is 29.1 Å². The molecule has 0 spiro atoms. The fraction of sp³-hybridized carbons (Fsp3) is 0.333. The van der Waals surface area contributed by atoms with Crippen LogP contribution in [0.15, 0.2) is 42.5 Å². The van der Waals surface area contributed by atoms with Crippen molar-refractivity contribution in [3.63, 3.8) is 0 Å². The monoisotopic (exact) mass is 365 g/mol. The van der Waals surface area contributed by atoms with E-state index in [1.165, 1.54) is 0 Å². The van der Waals surface area contributed by atoms with Crippen LogP contribution in [0.25, 0.3) is 11.0 Å². The number of nitrogens with one attached hydrogen (secondary N) is 2. The molecule has 2 heterocycles. The molecule has 1 amide bonds. The third-order valence-electron chi connectivity index (χ3n) is 4.66. The number of amides is 1. The molecule has 0 saturated carbocycles. The molecule has 2 N–H and O–H groups in total. The van der Waals surface area contributed by atoms with Crippen molar-refractivity contribution in [2.45, 2.75) is 26.3 Å². The molecular formula is C21H23N3O3. The molecule has 1 atom stereocenters. The van der Waals surface area contributed by atoms with Gasteiger partial charge in [-0.15, -0.1) is 0 Å². The highest BCUT2D eigenvalue weighted by atomic mass is 16.6. The number of benzene rings is 2. The Kier molecular flexibility index (Phi) is 4.71. The van der Waals surface area contributed by atoms with Gasteiger partial charge in [-0.05, 0) is 35.7 Å². The highest BCUT2D eigenvalue weighted by molar-refractivity contribution is 5.80. The van der Waals surface area contributed by atoms with Crippen molar-refractivity contribution in [3.05, 3.63) is 53.9 Å². The zero-order valence-electron chi connectivity index (χ0n) is 15.5. The summed E-state index contributed by atoms with van der Waals surface area (Å²) in [5.74, 6) is 2.36. The van der Waals surface area contributed by atoms with Crippen molar-refractivity contribution in [2.24, 2.45) is 5.92 Å². The smallest absolute Gasteiger partial charge is 0.225 e. The molecule has 0 radical (unpaired) electrons. The molecule has 27 heavy (non-hydrogen) atoms. The number of carbonyl (C=O) groups is 1. The zero-order chi connectivity index (χ0) is 18.8. The van der Waals surface area contributed by atoms with Gasteiger partial charge in [-0.3, -0.25) is 4.79 Å². The van der Waals surface area contributed by atoms with Gasteiger partial charge in [-0.1, -0.05) is 32.0 Å². The van der Waals surface area contributed by atoms with E-state index in [1.807, 2.05) is 42.5 Å². The fourth-order valence-corrected chi connectivity index (χ4v) is 3.28. The lowest BCUT2D eigenvalue weighted by Crippen LogP contribution is -2.33. The van der Waals surface area contributed by atoms with Gasteiger partial charge in [-0.25, -0.2) is 4.98 Å². The lowest BCUT2D eigenvalue weighted by Gasteiger charge is -2.21. The third-order valence-corrected chi connectivity index (χ3v) is 4.66. The number of aromatic amines is 1. The first-order chi connectivity index (χ1) is 13.1. The predicted octanol–water partition coefficient (Wildman–Crippen LogP) is 3.39. The van der Waals surface area contributed by atoms with Gasteiger partial charge < -0.3 is 19.8 Å². The van der Waals surface area contributed by atoms with Gasteiger partial charge >= 0.3 is 0 Å². The number of aromatic nitrogens is 2. The Bertz CT molecular complexity index is 931. The number of ether oxygens (including phenoxy) is 2. The van der Waals surface area contributed by atoms with Crippen LogP contribution in [0.4, 0.5) is 0 Å². The van der Waals surface area contributed by atoms with Crippen LogP contribution in [0.3, 0.4) is 0 Å².